The number of rotatable bonds is 5. The molecule has 0 amide bonds. The second kappa shape index (κ2) is 7.86. The van der Waals surface area contributed by atoms with Gasteiger partial charge in [0.25, 0.3) is 0 Å². The minimum absolute atomic E-state index is 0.0528. The molecular formula is C17H24ClNO4. The fourth-order valence-electron chi connectivity index (χ4n) is 3.20. The van der Waals surface area contributed by atoms with Gasteiger partial charge in [0.05, 0.1) is 10.7 Å². The third-order valence-electron chi connectivity index (χ3n) is 4.33. The van der Waals surface area contributed by atoms with Gasteiger partial charge in [0.15, 0.2) is 6.61 Å². The van der Waals surface area contributed by atoms with Crippen LogP contribution in [0.5, 0.6) is 0 Å². The van der Waals surface area contributed by atoms with Gasteiger partial charge in [0.2, 0.25) is 0 Å². The third-order valence-corrected chi connectivity index (χ3v) is 4.43. The van der Waals surface area contributed by atoms with Crippen molar-refractivity contribution in [3.63, 3.8) is 0 Å². The number of hydrogen-bond acceptors (Lipinski definition) is 5. The number of carbonyl (C=O) groups excluding carboxylic acids is 1. The summed E-state index contributed by atoms with van der Waals surface area (Å²) in [6.07, 6.45) is 6.74. The fraction of sp³-hybridized carbons (Fsp3) is 0.647. The number of ether oxygens (including phenoxy) is 1. The van der Waals surface area contributed by atoms with E-state index in [1.54, 1.807) is 0 Å². The van der Waals surface area contributed by atoms with Crippen molar-refractivity contribution in [2.75, 3.05) is 6.61 Å². The first kappa shape index (κ1) is 17.9. The lowest BCUT2D eigenvalue weighted by Crippen LogP contribution is -2.41. The van der Waals surface area contributed by atoms with Crippen LogP contribution in [-0.2, 0) is 14.4 Å². The van der Waals surface area contributed by atoms with E-state index < -0.39 is 11.6 Å². The number of aliphatic hydroxyl groups excluding tert-OH is 1. The number of carbonyl (C=O) groups is 1. The van der Waals surface area contributed by atoms with Gasteiger partial charge in [-0.05, 0) is 32.1 Å². The van der Waals surface area contributed by atoms with Crippen molar-refractivity contribution in [3.8, 4) is 0 Å². The quantitative estimate of drug-likeness (QED) is 0.458. The number of hydrogen-bond donors (Lipinski definition) is 1. The molecule has 1 spiro atoms. The predicted molar refractivity (Wildman–Crippen MR) is 89.5 cm³/mol. The van der Waals surface area contributed by atoms with Gasteiger partial charge in [-0.25, -0.2) is 4.79 Å². The molecule has 0 atom stereocenters. The van der Waals surface area contributed by atoms with E-state index >= 15 is 0 Å². The van der Waals surface area contributed by atoms with Crippen LogP contribution in [0.4, 0.5) is 0 Å². The van der Waals surface area contributed by atoms with Gasteiger partial charge in [-0.2, -0.15) is 0 Å². The van der Waals surface area contributed by atoms with Gasteiger partial charge in [-0.1, -0.05) is 43.1 Å². The van der Waals surface area contributed by atoms with E-state index in [1.807, 2.05) is 6.92 Å². The first-order valence-corrected chi connectivity index (χ1v) is 8.53. The molecule has 1 fully saturated rings. The van der Waals surface area contributed by atoms with Gasteiger partial charge in [-0.3, -0.25) is 0 Å². The summed E-state index contributed by atoms with van der Waals surface area (Å²) in [7, 11) is 0. The van der Waals surface area contributed by atoms with Crippen molar-refractivity contribution in [1.82, 2.24) is 0 Å². The van der Waals surface area contributed by atoms with Gasteiger partial charge in [-0.15, -0.1) is 0 Å². The highest BCUT2D eigenvalue weighted by Crippen LogP contribution is 2.39. The maximum absolute atomic E-state index is 12.5. The van der Waals surface area contributed by atoms with Crippen LogP contribution in [0, 0.1) is 0 Å². The van der Waals surface area contributed by atoms with Crippen molar-refractivity contribution in [3.05, 3.63) is 22.9 Å². The van der Waals surface area contributed by atoms with E-state index in [-0.39, 0.29) is 17.9 Å². The molecular weight excluding hydrogens is 318 g/mol. The highest BCUT2D eigenvalue weighted by Gasteiger charge is 2.43. The Hall–Kier alpha value is -1.49. The molecule has 1 N–H and O–H groups in total. The molecule has 0 unspecified atom stereocenters. The summed E-state index contributed by atoms with van der Waals surface area (Å²) in [6, 6.07) is 0. The fourth-order valence-corrected chi connectivity index (χ4v) is 3.25. The van der Waals surface area contributed by atoms with E-state index in [4.69, 9.17) is 21.2 Å². The summed E-state index contributed by atoms with van der Waals surface area (Å²) < 4.78 is 5.75. The molecule has 1 saturated carbocycles. The Bertz CT molecular complexity index is 531. The van der Waals surface area contributed by atoms with Crippen LogP contribution in [0.25, 0.3) is 0 Å². The Balaban J connectivity index is 2.20. The van der Waals surface area contributed by atoms with Gasteiger partial charge >= 0.3 is 5.97 Å². The number of aliphatic hydroxyl groups is 1. The smallest absolute Gasteiger partial charge is 0.344 e. The van der Waals surface area contributed by atoms with Crippen LogP contribution >= 0.6 is 11.6 Å². The highest BCUT2D eigenvalue weighted by atomic mass is 35.5. The van der Waals surface area contributed by atoms with Crippen molar-refractivity contribution in [2.24, 2.45) is 5.16 Å². The molecule has 2 rings (SSSR count). The highest BCUT2D eigenvalue weighted by molar-refractivity contribution is 6.29. The summed E-state index contributed by atoms with van der Waals surface area (Å²) in [5, 5.41) is 14.7. The average molecular weight is 342 g/mol. The van der Waals surface area contributed by atoms with Crippen molar-refractivity contribution in [2.45, 2.75) is 63.9 Å². The average Bonchev–Trinajstić information content (AvgIpc) is 2.70. The van der Waals surface area contributed by atoms with Gasteiger partial charge in [0, 0.05) is 6.42 Å². The minimum atomic E-state index is -0.550. The molecule has 0 saturated heterocycles. The maximum atomic E-state index is 12.5. The van der Waals surface area contributed by atoms with E-state index in [1.165, 1.54) is 0 Å². The zero-order chi connectivity index (χ0) is 16.9. The molecule has 0 aromatic rings. The maximum Gasteiger partial charge on any atom is 0.344 e. The standard InChI is InChI=1S/C17H24ClNO4/c1-3-13(19-22-11-12(2)18)15-14(20)10-17(23-16(15)21)8-6-4-5-7-9-17/h20H,2-11H2,1H3/b19-13+. The lowest BCUT2D eigenvalue weighted by molar-refractivity contribution is -0.159. The van der Waals surface area contributed by atoms with Crippen LogP contribution < -0.4 is 0 Å². The second-order valence-corrected chi connectivity index (χ2v) is 6.70. The SMILES string of the molecule is C=C(Cl)CO/N=C(\CC)C1=C(O)CC2(CCCCCC2)OC1=O. The molecule has 1 aliphatic heterocycles. The number of nitrogens with zero attached hydrogens (tertiary/aromatic N) is 1. The van der Waals surface area contributed by atoms with Crippen LogP contribution in [0.1, 0.15) is 58.3 Å². The van der Waals surface area contributed by atoms with Crippen LogP contribution in [0.15, 0.2) is 28.1 Å². The molecule has 0 aromatic heterocycles. The molecule has 1 heterocycles. The van der Waals surface area contributed by atoms with Crippen LogP contribution in [0.2, 0.25) is 0 Å². The second-order valence-electron chi connectivity index (χ2n) is 6.17. The summed E-state index contributed by atoms with van der Waals surface area (Å²) in [6.45, 7) is 5.39. The number of esters is 1. The molecule has 2 aliphatic rings. The largest absolute Gasteiger partial charge is 0.511 e. The van der Waals surface area contributed by atoms with Crippen LogP contribution in [-0.4, -0.2) is 29.0 Å². The Kier molecular flexibility index (Phi) is 6.10. The summed E-state index contributed by atoms with van der Waals surface area (Å²) >= 11 is 5.62. The predicted octanol–water partition coefficient (Wildman–Crippen LogP) is 4.37. The summed E-state index contributed by atoms with van der Waals surface area (Å²) in [5.74, 6) is -0.457. The van der Waals surface area contributed by atoms with Gasteiger partial charge in [0.1, 0.15) is 16.9 Å². The van der Waals surface area contributed by atoms with Crippen molar-refractivity contribution >= 4 is 23.3 Å². The zero-order valence-corrected chi connectivity index (χ0v) is 14.3. The Morgan fingerprint density at radius 2 is 2.04 bits per heavy atom. The van der Waals surface area contributed by atoms with E-state index in [0.29, 0.717) is 23.6 Å². The third kappa shape index (κ3) is 4.50. The van der Waals surface area contributed by atoms with Crippen molar-refractivity contribution < 1.29 is 19.5 Å². The first-order valence-electron chi connectivity index (χ1n) is 8.15. The molecule has 23 heavy (non-hydrogen) atoms. The number of oxime groups is 1. The zero-order valence-electron chi connectivity index (χ0n) is 13.6. The Morgan fingerprint density at radius 1 is 1.39 bits per heavy atom. The van der Waals surface area contributed by atoms with E-state index in [2.05, 4.69) is 11.7 Å². The minimum Gasteiger partial charge on any atom is -0.511 e. The van der Waals surface area contributed by atoms with Crippen LogP contribution in [0.3, 0.4) is 0 Å². The van der Waals surface area contributed by atoms with Gasteiger partial charge < -0.3 is 14.7 Å². The Morgan fingerprint density at radius 3 is 2.57 bits per heavy atom. The molecule has 128 valence electrons. The summed E-state index contributed by atoms with van der Waals surface area (Å²) in [4.78, 5) is 17.5. The topological polar surface area (TPSA) is 68.1 Å². The Labute approximate surface area is 142 Å². The molecule has 5 nitrogen and oxygen atoms in total. The molecule has 0 aromatic carbocycles. The normalized spacial score (nSPS) is 21.8. The molecule has 1 aliphatic carbocycles. The molecule has 0 bridgehead atoms. The molecule has 6 heteroatoms. The lowest BCUT2D eigenvalue weighted by Gasteiger charge is -2.36. The van der Waals surface area contributed by atoms with E-state index in [9.17, 15) is 9.90 Å². The van der Waals surface area contributed by atoms with Crippen molar-refractivity contribution in [1.29, 1.82) is 0 Å². The lowest BCUT2D eigenvalue weighted by atomic mass is 9.85. The summed E-state index contributed by atoms with van der Waals surface area (Å²) in [5.41, 5.74) is -0.0536. The van der Waals surface area contributed by atoms with E-state index in [0.717, 1.165) is 38.5 Å². The molecule has 0 radical (unpaired) electrons. The first-order chi connectivity index (χ1) is 11.0. The monoisotopic (exact) mass is 341 g/mol. The number of halogens is 1.